The fourth-order valence-electron chi connectivity index (χ4n) is 2.98. The number of hydrogen-bond donors (Lipinski definition) is 0. The van der Waals surface area contributed by atoms with Crippen LogP contribution in [-0.4, -0.2) is 4.98 Å². The van der Waals surface area contributed by atoms with E-state index in [1.165, 1.54) is 55.3 Å². The van der Waals surface area contributed by atoms with Crippen LogP contribution in [0.5, 0.6) is 0 Å². The summed E-state index contributed by atoms with van der Waals surface area (Å²) in [5, 5.41) is 0. The summed E-state index contributed by atoms with van der Waals surface area (Å²) in [4.78, 5) is 4.60. The summed E-state index contributed by atoms with van der Waals surface area (Å²) in [6.07, 6.45) is 10.3. The number of pyridine rings is 1. The molecule has 0 radical (unpaired) electrons. The van der Waals surface area contributed by atoms with Crippen molar-refractivity contribution in [2.45, 2.75) is 45.4 Å². The minimum atomic E-state index is 0.676. The number of rotatable bonds is 0. The molecule has 74 valence electrons. The van der Waals surface area contributed by atoms with Gasteiger partial charge in [0.05, 0.1) is 0 Å². The van der Waals surface area contributed by atoms with Crippen LogP contribution in [0.3, 0.4) is 0 Å². The second-order valence-corrected chi connectivity index (χ2v) is 5.15. The van der Waals surface area contributed by atoms with Crippen LogP contribution < -0.4 is 0 Å². The van der Waals surface area contributed by atoms with Gasteiger partial charge < -0.3 is 0 Å². The first kappa shape index (κ1) is 8.46. The van der Waals surface area contributed by atoms with E-state index in [2.05, 4.69) is 18.0 Å². The van der Waals surface area contributed by atoms with Crippen molar-refractivity contribution in [2.75, 3.05) is 0 Å². The second kappa shape index (κ2) is 2.82. The molecule has 0 unspecified atom stereocenters. The molecule has 0 bridgehead atoms. The average Bonchev–Trinajstić information content (AvgIpc) is 2.15. The van der Waals surface area contributed by atoms with Gasteiger partial charge >= 0.3 is 0 Å². The molecule has 1 spiro atoms. The zero-order valence-corrected chi connectivity index (χ0v) is 8.84. The Bertz CT molecular complexity index is 363. The highest BCUT2D eigenvalue weighted by Gasteiger charge is 2.39. The quantitative estimate of drug-likeness (QED) is 0.608. The average molecular weight is 187 g/mol. The smallest absolute Gasteiger partial charge is 0.0441 e. The second-order valence-electron chi connectivity index (χ2n) is 5.15. The van der Waals surface area contributed by atoms with Crippen molar-refractivity contribution in [3.63, 3.8) is 0 Å². The van der Waals surface area contributed by atoms with Gasteiger partial charge in [-0.3, -0.25) is 4.98 Å². The fraction of sp³-hybridized carbons (Fsp3) is 0.615. The first-order valence-electron chi connectivity index (χ1n) is 5.72. The Hall–Kier alpha value is -0.850. The molecule has 2 aliphatic rings. The molecule has 1 heteroatoms. The van der Waals surface area contributed by atoms with E-state index in [9.17, 15) is 0 Å². The molecule has 1 fully saturated rings. The van der Waals surface area contributed by atoms with E-state index in [4.69, 9.17) is 0 Å². The van der Waals surface area contributed by atoms with Gasteiger partial charge in [0.15, 0.2) is 0 Å². The van der Waals surface area contributed by atoms with E-state index in [0.29, 0.717) is 5.41 Å². The summed E-state index contributed by atoms with van der Waals surface area (Å²) in [6, 6.07) is 2.33. The van der Waals surface area contributed by atoms with Gasteiger partial charge in [-0.15, -0.1) is 0 Å². The van der Waals surface area contributed by atoms with E-state index < -0.39 is 0 Å². The summed E-state index contributed by atoms with van der Waals surface area (Å²) in [6.45, 7) is 2.14. The maximum Gasteiger partial charge on any atom is 0.0441 e. The van der Waals surface area contributed by atoms with Crippen molar-refractivity contribution in [2.24, 2.45) is 5.41 Å². The van der Waals surface area contributed by atoms with Crippen LogP contribution in [0.4, 0.5) is 0 Å². The van der Waals surface area contributed by atoms with Crippen molar-refractivity contribution >= 4 is 0 Å². The Morgan fingerprint density at radius 3 is 2.86 bits per heavy atom. The van der Waals surface area contributed by atoms with Crippen molar-refractivity contribution < 1.29 is 0 Å². The predicted molar refractivity (Wildman–Crippen MR) is 57.3 cm³/mol. The Kier molecular flexibility index (Phi) is 1.70. The molecule has 0 amide bonds. The number of fused-ring (bicyclic) bond motifs is 1. The van der Waals surface area contributed by atoms with Crippen LogP contribution in [0, 0.1) is 12.3 Å². The highest BCUT2D eigenvalue weighted by molar-refractivity contribution is 5.29. The molecule has 1 aromatic heterocycles. The summed E-state index contributed by atoms with van der Waals surface area (Å²) in [5.41, 5.74) is 4.90. The van der Waals surface area contributed by atoms with Gasteiger partial charge in [-0.25, -0.2) is 0 Å². The Morgan fingerprint density at radius 2 is 2.14 bits per heavy atom. The van der Waals surface area contributed by atoms with Crippen molar-refractivity contribution in [1.29, 1.82) is 0 Å². The van der Waals surface area contributed by atoms with Gasteiger partial charge in [0.1, 0.15) is 0 Å². The van der Waals surface area contributed by atoms with E-state index >= 15 is 0 Å². The number of aromatic nitrogens is 1. The molecule has 2 aliphatic carbocycles. The van der Waals surface area contributed by atoms with Crippen LogP contribution in [0.25, 0.3) is 0 Å². The molecule has 0 saturated heterocycles. The first-order valence-corrected chi connectivity index (χ1v) is 5.72. The highest BCUT2D eigenvalue weighted by Crippen LogP contribution is 2.49. The molecular weight excluding hydrogens is 170 g/mol. The standard InChI is InChI=1S/C13H17N/c1-10-7-11-3-6-13(4-2-5-13)8-12(11)14-9-10/h7,9H,2-6,8H2,1H3. The molecule has 0 atom stereocenters. The zero-order valence-electron chi connectivity index (χ0n) is 8.84. The third-order valence-corrected chi connectivity index (χ3v) is 4.08. The van der Waals surface area contributed by atoms with Crippen molar-refractivity contribution in [3.05, 3.63) is 29.1 Å². The molecule has 0 aromatic carbocycles. The van der Waals surface area contributed by atoms with Gasteiger partial charge in [0.25, 0.3) is 0 Å². The number of nitrogens with zero attached hydrogens (tertiary/aromatic N) is 1. The van der Waals surface area contributed by atoms with E-state index in [1.54, 1.807) is 0 Å². The Labute approximate surface area is 85.6 Å². The highest BCUT2D eigenvalue weighted by atomic mass is 14.7. The largest absolute Gasteiger partial charge is 0.261 e. The lowest BCUT2D eigenvalue weighted by atomic mass is 9.60. The maximum atomic E-state index is 4.60. The normalized spacial score (nSPS) is 22.9. The summed E-state index contributed by atoms with van der Waals surface area (Å²) in [5.74, 6) is 0. The Balaban J connectivity index is 1.94. The van der Waals surface area contributed by atoms with Crippen molar-refractivity contribution in [3.8, 4) is 0 Å². The minimum absolute atomic E-state index is 0.676. The molecule has 1 nitrogen and oxygen atoms in total. The van der Waals surface area contributed by atoms with Gasteiger partial charge in [-0.1, -0.05) is 12.5 Å². The van der Waals surface area contributed by atoms with Gasteiger partial charge in [0, 0.05) is 11.9 Å². The molecular formula is C13H17N. The van der Waals surface area contributed by atoms with Crippen molar-refractivity contribution in [1.82, 2.24) is 4.98 Å². The third kappa shape index (κ3) is 1.18. The summed E-state index contributed by atoms with van der Waals surface area (Å²) >= 11 is 0. The molecule has 14 heavy (non-hydrogen) atoms. The Morgan fingerprint density at radius 1 is 1.29 bits per heavy atom. The molecule has 1 aromatic rings. The molecule has 1 saturated carbocycles. The summed E-state index contributed by atoms with van der Waals surface area (Å²) < 4.78 is 0. The van der Waals surface area contributed by atoms with Gasteiger partial charge in [-0.2, -0.15) is 0 Å². The summed E-state index contributed by atoms with van der Waals surface area (Å²) in [7, 11) is 0. The minimum Gasteiger partial charge on any atom is -0.261 e. The molecule has 1 heterocycles. The lowest BCUT2D eigenvalue weighted by Crippen LogP contribution is -2.35. The van der Waals surface area contributed by atoms with Crippen LogP contribution in [0.2, 0.25) is 0 Å². The van der Waals surface area contributed by atoms with E-state index in [1.807, 2.05) is 6.20 Å². The van der Waals surface area contributed by atoms with E-state index in [0.717, 1.165) is 0 Å². The van der Waals surface area contributed by atoms with Crippen LogP contribution in [0.15, 0.2) is 12.3 Å². The number of hydrogen-bond acceptors (Lipinski definition) is 1. The maximum absolute atomic E-state index is 4.60. The third-order valence-electron chi connectivity index (χ3n) is 4.08. The number of aryl methyl sites for hydroxylation is 2. The lowest BCUT2D eigenvalue weighted by molar-refractivity contribution is 0.109. The van der Waals surface area contributed by atoms with E-state index in [-0.39, 0.29) is 0 Å². The van der Waals surface area contributed by atoms with Crippen LogP contribution in [0.1, 0.15) is 42.5 Å². The molecule has 0 aliphatic heterocycles. The monoisotopic (exact) mass is 187 g/mol. The van der Waals surface area contributed by atoms with Gasteiger partial charge in [0.2, 0.25) is 0 Å². The van der Waals surface area contributed by atoms with Gasteiger partial charge in [-0.05, 0) is 55.6 Å². The zero-order chi connectivity index (χ0) is 9.60. The van der Waals surface area contributed by atoms with Crippen LogP contribution in [-0.2, 0) is 12.8 Å². The molecule has 3 rings (SSSR count). The predicted octanol–water partition coefficient (Wildman–Crippen LogP) is 3.05. The topological polar surface area (TPSA) is 12.9 Å². The lowest BCUT2D eigenvalue weighted by Gasteiger charge is -2.45. The first-order chi connectivity index (χ1) is 6.77. The van der Waals surface area contributed by atoms with Crippen LogP contribution >= 0.6 is 0 Å². The molecule has 0 N–H and O–H groups in total. The SMILES string of the molecule is Cc1cnc2c(c1)CCC1(CCC1)C2. The fourth-order valence-corrected chi connectivity index (χ4v) is 2.98.